The topological polar surface area (TPSA) is 55.6 Å². The van der Waals surface area contributed by atoms with Crippen molar-refractivity contribution in [3.63, 3.8) is 0 Å². The van der Waals surface area contributed by atoms with E-state index in [4.69, 9.17) is 0 Å². The third-order valence-corrected chi connectivity index (χ3v) is 2.64. The molecule has 0 aliphatic heterocycles. The highest BCUT2D eigenvalue weighted by Crippen LogP contribution is 2.19. The SMILES string of the molecule is CNC(c1csnn1)c1ccnn1C. The van der Waals surface area contributed by atoms with Gasteiger partial charge in [0.25, 0.3) is 0 Å². The highest BCUT2D eigenvalue weighted by Gasteiger charge is 2.17. The Kier molecular flexibility index (Phi) is 2.55. The Bertz CT molecular complexity index is 394. The lowest BCUT2D eigenvalue weighted by Crippen LogP contribution is -2.20. The molecule has 0 amide bonds. The van der Waals surface area contributed by atoms with E-state index >= 15 is 0 Å². The zero-order chi connectivity index (χ0) is 9.97. The molecule has 5 nitrogen and oxygen atoms in total. The first-order valence-electron chi connectivity index (χ1n) is 4.25. The van der Waals surface area contributed by atoms with Gasteiger partial charge in [0.15, 0.2) is 0 Å². The fraction of sp³-hybridized carbons (Fsp3) is 0.375. The highest BCUT2D eigenvalue weighted by atomic mass is 32.1. The molecule has 0 saturated heterocycles. The van der Waals surface area contributed by atoms with Crippen molar-refractivity contribution < 1.29 is 0 Å². The van der Waals surface area contributed by atoms with Crippen LogP contribution < -0.4 is 5.32 Å². The molecule has 74 valence electrons. The number of rotatable bonds is 3. The van der Waals surface area contributed by atoms with E-state index in [1.807, 2.05) is 30.2 Å². The number of nitrogens with one attached hydrogen (secondary N) is 1. The highest BCUT2D eigenvalue weighted by molar-refractivity contribution is 7.03. The van der Waals surface area contributed by atoms with Crippen LogP contribution in [0.4, 0.5) is 0 Å². The lowest BCUT2D eigenvalue weighted by Gasteiger charge is -2.12. The maximum absolute atomic E-state index is 4.13. The second-order valence-corrected chi connectivity index (χ2v) is 3.54. The summed E-state index contributed by atoms with van der Waals surface area (Å²) in [5.41, 5.74) is 2.02. The van der Waals surface area contributed by atoms with E-state index in [9.17, 15) is 0 Å². The third kappa shape index (κ3) is 1.53. The van der Waals surface area contributed by atoms with Gasteiger partial charge in [-0.1, -0.05) is 4.49 Å². The normalized spacial score (nSPS) is 13.0. The second kappa shape index (κ2) is 3.85. The Balaban J connectivity index is 2.36. The average molecular weight is 209 g/mol. The second-order valence-electron chi connectivity index (χ2n) is 2.93. The lowest BCUT2D eigenvalue weighted by molar-refractivity contribution is 0.593. The van der Waals surface area contributed by atoms with Gasteiger partial charge in [-0.3, -0.25) is 4.68 Å². The van der Waals surface area contributed by atoms with Crippen molar-refractivity contribution in [3.05, 3.63) is 29.0 Å². The monoisotopic (exact) mass is 209 g/mol. The summed E-state index contributed by atoms with van der Waals surface area (Å²) in [6.45, 7) is 0. The zero-order valence-corrected chi connectivity index (χ0v) is 8.82. The lowest BCUT2D eigenvalue weighted by atomic mass is 10.1. The van der Waals surface area contributed by atoms with Crippen LogP contribution in [0.5, 0.6) is 0 Å². The predicted octanol–water partition coefficient (Wildman–Crippen LogP) is 0.580. The van der Waals surface area contributed by atoms with Crippen molar-refractivity contribution in [1.29, 1.82) is 0 Å². The molecule has 2 aromatic rings. The Morgan fingerprint density at radius 2 is 2.43 bits per heavy atom. The summed E-state index contributed by atoms with van der Waals surface area (Å²) in [6.07, 6.45) is 1.78. The van der Waals surface area contributed by atoms with Crippen LogP contribution in [-0.2, 0) is 7.05 Å². The maximum atomic E-state index is 4.13. The molecular weight excluding hydrogens is 198 g/mol. The Labute approximate surface area is 85.9 Å². The van der Waals surface area contributed by atoms with Gasteiger partial charge in [0, 0.05) is 18.6 Å². The predicted molar refractivity (Wildman–Crippen MR) is 54.0 cm³/mol. The molecule has 0 radical (unpaired) electrons. The van der Waals surface area contributed by atoms with Crippen molar-refractivity contribution in [3.8, 4) is 0 Å². The van der Waals surface area contributed by atoms with Crippen LogP contribution in [0.15, 0.2) is 17.6 Å². The van der Waals surface area contributed by atoms with Crippen LogP contribution in [0.2, 0.25) is 0 Å². The minimum absolute atomic E-state index is 0.0706. The molecule has 0 aromatic carbocycles. The minimum atomic E-state index is 0.0706. The molecule has 0 fully saturated rings. The summed E-state index contributed by atoms with van der Waals surface area (Å²) in [5.74, 6) is 0. The van der Waals surface area contributed by atoms with E-state index in [2.05, 4.69) is 20.0 Å². The van der Waals surface area contributed by atoms with Crippen LogP contribution >= 0.6 is 11.5 Å². The first-order valence-corrected chi connectivity index (χ1v) is 5.08. The summed E-state index contributed by atoms with van der Waals surface area (Å²) in [4.78, 5) is 0. The van der Waals surface area contributed by atoms with Gasteiger partial charge in [-0.2, -0.15) is 5.10 Å². The van der Waals surface area contributed by atoms with E-state index in [1.165, 1.54) is 11.5 Å². The van der Waals surface area contributed by atoms with Crippen molar-refractivity contribution in [2.24, 2.45) is 7.05 Å². The molecule has 0 aliphatic carbocycles. The molecule has 2 rings (SSSR count). The van der Waals surface area contributed by atoms with Crippen LogP contribution in [0.3, 0.4) is 0 Å². The quantitative estimate of drug-likeness (QED) is 0.803. The summed E-state index contributed by atoms with van der Waals surface area (Å²) in [7, 11) is 3.82. The molecule has 0 saturated carbocycles. The molecule has 1 atom stereocenters. The van der Waals surface area contributed by atoms with Gasteiger partial charge in [0.05, 0.1) is 17.4 Å². The number of aromatic nitrogens is 4. The number of hydrogen-bond acceptors (Lipinski definition) is 5. The largest absolute Gasteiger partial charge is 0.307 e. The van der Waals surface area contributed by atoms with Gasteiger partial charge in [-0.05, 0) is 24.6 Å². The molecule has 2 aromatic heterocycles. The number of aryl methyl sites for hydroxylation is 1. The van der Waals surface area contributed by atoms with Gasteiger partial charge in [-0.25, -0.2) is 0 Å². The van der Waals surface area contributed by atoms with Gasteiger partial charge in [0.2, 0.25) is 0 Å². The molecule has 0 bridgehead atoms. The van der Waals surface area contributed by atoms with Crippen molar-refractivity contribution in [1.82, 2.24) is 24.7 Å². The third-order valence-electron chi connectivity index (χ3n) is 2.12. The molecule has 6 heteroatoms. The van der Waals surface area contributed by atoms with Gasteiger partial charge in [0.1, 0.15) is 0 Å². The van der Waals surface area contributed by atoms with Crippen molar-refractivity contribution >= 4 is 11.5 Å². The Morgan fingerprint density at radius 3 is 2.93 bits per heavy atom. The van der Waals surface area contributed by atoms with Crippen LogP contribution in [0.25, 0.3) is 0 Å². The Hall–Kier alpha value is -1.27. The van der Waals surface area contributed by atoms with E-state index in [0.29, 0.717) is 0 Å². The average Bonchev–Trinajstić information content (AvgIpc) is 2.80. The number of nitrogens with zero attached hydrogens (tertiary/aromatic N) is 4. The van der Waals surface area contributed by atoms with Crippen LogP contribution in [-0.4, -0.2) is 26.4 Å². The molecule has 0 aliphatic rings. The van der Waals surface area contributed by atoms with E-state index in [0.717, 1.165) is 11.4 Å². The fourth-order valence-corrected chi connectivity index (χ4v) is 1.89. The summed E-state index contributed by atoms with van der Waals surface area (Å²) >= 11 is 1.36. The molecular formula is C8H11N5S. The zero-order valence-electron chi connectivity index (χ0n) is 8.01. The molecule has 14 heavy (non-hydrogen) atoms. The standard InChI is InChI=1S/C8H11N5S/c1-9-8(6-5-14-12-11-6)7-3-4-10-13(7)2/h3-5,8-9H,1-2H3. The van der Waals surface area contributed by atoms with E-state index < -0.39 is 0 Å². The van der Waals surface area contributed by atoms with Crippen molar-refractivity contribution in [2.45, 2.75) is 6.04 Å². The van der Waals surface area contributed by atoms with Gasteiger partial charge >= 0.3 is 0 Å². The fourth-order valence-electron chi connectivity index (χ4n) is 1.41. The molecule has 1 N–H and O–H groups in total. The smallest absolute Gasteiger partial charge is 0.0985 e. The van der Waals surface area contributed by atoms with Crippen LogP contribution in [0, 0.1) is 0 Å². The summed E-state index contributed by atoms with van der Waals surface area (Å²) in [6, 6.07) is 2.04. The first-order chi connectivity index (χ1) is 6.83. The molecule has 2 heterocycles. The Morgan fingerprint density at radius 1 is 1.57 bits per heavy atom. The van der Waals surface area contributed by atoms with E-state index in [1.54, 1.807) is 6.20 Å². The summed E-state index contributed by atoms with van der Waals surface area (Å²) < 4.78 is 5.69. The molecule has 0 spiro atoms. The first kappa shape index (κ1) is 9.29. The van der Waals surface area contributed by atoms with Gasteiger partial charge in [-0.15, -0.1) is 5.10 Å². The maximum Gasteiger partial charge on any atom is 0.0985 e. The van der Waals surface area contributed by atoms with Gasteiger partial charge < -0.3 is 5.32 Å². The van der Waals surface area contributed by atoms with Crippen molar-refractivity contribution in [2.75, 3.05) is 7.05 Å². The molecule has 1 unspecified atom stereocenters. The number of hydrogen-bond donors (Lipinski definition) is 1. The summed E-state index contributed by atoms with van der Waals surface area (Å²) in [5, 5.41) is 13.3. The minimum Gasteiger partial charge on any atom is -0.307 e. The van der Waals surface area contributed by atoms with E-state index in [-0.39, 0.29) is 6.04 Å². The van der Waals surface area contributed by atoms with Crippen LogP contribution in [0.1, 0.15) is 17.4 Å².